The number of hydrogen-bond donors (Lipinski definition) is 0. The first-order valence-corrected chi connectivity index (χ1v) is 2.10. The average Bonchev–Trinajstić information content (AvgIpc) is 1.69. The Kier molecular flexibility index (Phi) is 6.78. The van der Waals surface area contributed by atoms with Gasteiger partial charge in [-0.1, -0.05) is 0 Å². The number of carbonyl (C=O) groups excluding carboxylic acids is 1. The van der Waals surface area contributed by atoms with Crippen LogP contribution in [-0.4, -0.2) is 17.5 Å². The van der Waals surface area contributed by atoms with E-state index in [1.807, 2.05) is 0 Å². The molecule has 0 aromatic rings. The minimum Gasteiger partial charge on any atom is -0.412 e. The molecular weight excluding hydrogens is 142 g/mol. The highest BCUT2D eigenvalue weighted by Gasteiger charge is 1.93. The van der Waals surface area contributed by atoms with Gasteiger partial charge in [0, 0.05) is 18.8 Å². The van der Waals surface area contributed by atoms with E-state index in [0.29, 0.717) is 6.42 Å². The van der Waals surface area contributed by atoms with E-state index in [-0.39, 0.29) is 23.7 Å². The Morgan fingerprint density at radius 1 is 1.56 bits per heavy atom. The Labute approximate surface area is 59.2 Å². The van der Waals surface area contributed by atoms with Gasteiger partial charge >= 0.3 is 0 Å². The normalized spacial score (nSPS) is 14.0. The van der Waals surface area contributed by atoms with Crippen molar-refractivity contribution in [2.75, 3.05) is 0 Å². The summed E-state index contributed by atoms with van der Waals surface area (Å²) in [6.07, 6.45) is 5.05. The molecule has 0 aromatic carbocycles. The van der Waals surface area contributed by atoms with Crippen LogP contribution in [-0.2, 0) is 4.79 Å². The molecule has 1 heterocycles. The van der Waals surface area contributed by atoms with Gasteiger partial charge in [-0.15, -0.1) is 12.4 Å². The highest BCUT2D eigenvalue weighted by molar-refractivity contribution is 6.00. The standard InChI is InChI=1S/C5H5NO.ClH.H2O/c7-5-1-3-6-4-2-5;;/h1,3-4H,2H2;1H;1H2. The molecule has 0 saturated carbocycles. The van der Waals surface area contributed by atoms with E-state index in [1.54, 1.807) is 6.21 Å². The predicted molar refractivity (Wildman–Crippen MR) is 38.1 cm³/mol. The zero-order valence-electron chi connectivity index (χ0n) is 4.70. The second-order valence-electron chi connectivity index (χ2n) is 1.32. The first-order valence-electron chi connectivity index (χ1n) is 2.10. The van der Waals surface area contributed by atoms with Crippen molar-refractivity contribution >= 4 is 24.4 Å². The summed E-state index contributed by atoms with van der Waals surface area (Å²) in [5, 5.41) is 0. The predicted octanol–water partition coefficient (Wildman–Crippen LogP) is 0.141. The number of allylic oxidation sites excluding steroid dienone is 1. The Hall–Kier alpha value is -0.670. The van der Waals surface area contributed by atoms with Crippen LogP contribution >= 0.6 is 12.4 Å². The summed E-state index contributed by atoms with van der Waals surface area (Å²) in [6.45, 7) is 0. The third-order valence-electron chi connectivity index (χ3n) is 0.744. The number of ketones is 1. The number of nitrogens with zero attached hydrogens (tertiary/aromatic N) is 1. The maximum atomic E-state index is 10.3. The van der Waals surface area contributed by atoms with Crippen LogP contribution in [0.15, 0.2) is 17.3 Å². The monoisotopic (exact) mass is 149 g/mol. The minimum atomic E-state index is 0. The molecule has 52 valence electrons. The maximum absolute atomic E-state index is 10.3. The van der Waals surface area contributed by atoms with E-state index in [1.165, 1.54) is 12.3 Å². The number of rotatable bonds is 0. The van der Waals surface area contributed by atoms with E-state index in [4.69, 9.17) is 0 Å². The quantitative estimate of drug-likeness (QED) is 0.483. The molecular formula is C5H8ClNO2. The summed E-state index contributed by atoms with van der Waals surface area (Å²) in [6, 6.07) is 0. The zero-order chi connectivity index (χ0) is 5.11. The van der Waals surface area contributed by atoms with Gasteiger partial charge in [0.15, 0.2) is 5.78 Å². The summed E-state index contributed by atoms with van der Waals surface area (Å²) in [5.41, 5.74) is 0. The molecule has 0 amide bonds. The van der Waals surface area contributed by atoms with E-state index < -0.39 is 0 Å². The van der Waals surface area contributed by atoms with Crippen molar-refractivity contribution in [3.8, 4) is 0 Å². The molecule has 9 heavy (non-hydrogen) atoms. The lowest BCUT2D eigenvalue weighted by molar-refractivity contribution is -0.113. The van der Waals surface area contributed by atoms with Crippen molar-refractivity contribution in [1.82, 2.24) is 0 Å². The van der Waals surface area contributed by atoms with Crippen molar-refractivity contribution in [3.63, 3.8) is 0 Å². The van der Waals surface area contributed by atoms with Crippen molar-refractivity contribution in [2.45, 2.75) is 6.42 Å². The fourth-order valence-corrected chi connectivity index (χ4v) is 0.398. The second kappa shape index (κ2) is 5.47. The molecule has 3 nitrogen and oxygen atoms in total. The third-order valence-corrected chi connectivity index (χ3v) is 0.744. The van der Waals surface area contributed by atoms with Crippen LogP contribution < -0.4 is 0 Å². The largest absolute Gasteiger partial charge is 0.412 e. The van der Waals surface area contributed by atoms with Gasteiger partial charge < -0.3 is 5.48 Å². The average molecular weight is 150 g/mol. The van der Waals surface area contributed by atoms with E-state index in [2.05, 4.69) is 4.99 Å². The first-order chi connectivity index (χ1) is 3.39. The summed E-state index contributed by atoms with van der Waals surface area (Å²) < 4.78 is 0. The van der Waals surface area contributed by atoms with Gasteiger partial charge in [-0.25, -0.2) is 0 Å². The molecule has 2 N–H and O–H groups in total. The summed E-state index contributed by atoms with van der Waals surface area (Å²) >= 11 is 0. The van der Waals surface area contributed by atoms with Crippen molar-refractivity contribution in [1.29, 1.82) is 0 Å². The van der Waals surface area contributed by atoms with Gasteiger partial charge in [-0.3, -0.25) is 9.79 Å². The summed E-state index contributed by atoms with van der Waals surface area (Å²) in [4.78, 5) is 14.0. The molecule has 1 rings (SSSR count). The molecule has 1 aliphatic rings. The van der Waals surface area contributed by atoms with Gasteiger partial charge in [-0.05, 0) is 6.08 Å². The molecule has 0 bridgehead atoms. The van der Waals surface area contributed by atoms with E-state index in [9.17, 15) is 4.79 Å². The van der Waals surface area contributed by atoms with Gasteiger partial charge in [0.25, 0.3) is 0 Å². The van der Waals surface area contributed by atoms with Crippen LogP contribution in [0.25, 0.3) is 0 Å². The van der Waals surface area contributed by atoms with Crippen LogP contribution in [0.5, 0.6) is 0 Å². The summed E-state index contributed by atoms with van der Waals surface area (Å²) in [5.74, 6) is 0.134. The van der Waals surface area contributed by atoms with E-state index in [0.717, 1.165) is 0 Å². The van der Waals surface area contributed by atoms with Crippen LogP contribution in [0.1, 0.15) is 6.42 Å². The van der Waals surface area contributed by atoms with Crippen LogP contribution in [0, 0.1) is 0 Å². The highest BCUT2D eigenvalue weighted by Crippen LogP contribution is 1.88. The topological polar surface area (TPSA) is 60.9 Å². The van der Waals surface area contributed by atoms with Crippen molar-refractivity contribution < 1.29 is 10.3 Å². The Morgan fingerprint density at radius 2 is 2.22 bits per heavy atom. The van der Waals surface area contributed by atoms with E-state index >= 15 is 0 Å². The van der Waals surface area contributed by atoms with Gasteiger partial charge in [0.2, 0.25) is 0 Å². The summed E-state index contributed by atoms with van der Waals surface area (Å²) in [7, 11) is 0. The smallest absolute Gasteiger partial charge is 0.162 e. The van der Waals surface area contributed by atoms with Crippen LogP contribution in [0.4, 0.5) is 0 Å². The number of carbonyl (C=O) groups is 1. The Bertz CT molecular complexity index is 142. The lowest BCUT2D eigenvalue weighted by Gasteiger charge is -1.88. The Morgan fingerprint density at radius 3 is 2.44 bits per heavy atom. The van der Waals surface area contributed by atoms with Gasteiger partial charge in [0.1, 0.15) is 0 Å². The maximum Gasteiger partial charge on any atom is 0.162 e. The molecule has 0 fully saturated rings. The van der Waals surface area contributed by atoms with Gasteiger partial charge in [-0.2, -0.15) is 0 Å². The lowest BCUT2D eigenvalue weighted by Crippen LogP contribution is -1.95. The molecule has 1 aliphatic heterocycles. The lowest BCUT2D eigenvalue weighted by atomic mass is 10.3. The zero-order valence-corrected chi connectivity index (χ0v) is 5.52. The fourth-order valence-electron chi connectivity index (χ4n) is 0.398. The third kappa shape index (κ3) is 3.88. The molecule has 0 saturated heterocycles. The SMILES string of the molecule is Cl.O.O=C1C=CN=CC1. The fraction of sp³-hybridized carbons (Fsp3) is 0.200. The molecule has 4 heteroatoms. The van der Waals surface area contributed by atoms with Crippen LogP contribution in [0.2, 0.25) is 0 Å². The molecule has 0 radical (unpaired) electrons. The number of hydrogen-bond acceptors (Lipinski definition) is 2. The van der Waals surface area contributed by atoms with Crippen molar-refractivity contribution in [2.24, 2.45) is 4.99 Å². The second-order valence-corrected chi connectivity index (χ2v) is 1.32. The number of aliphatic imine (C=N–C) groups is 1. The van der Waals surface area contributed by atoms with Gasteiger partial charge in [0.05, 0.1) is 0 Å². The molecule has 0 atom stereocenters. The molecule has 0 aromatic heterocycles. The van der Waals surface area contributed by atoms with Crippen molar-refractivity contribution in [3.05, 3.63) is 12.3 Å². The number of halogens is 1. The minimum absolute atomic E-state index is 0. The highest BCUT2D eigenvalue weighted by atomic mass is 35.5. The molecule has 0 spiro atoms. The van der Waals surface area contributed by atoms with Crippen LogP contribution in [0.3, 0.4) is 0 Å². The first kappa shape index (κ1) is 11.2. The molecule has 0 unspecified atom stereocenters. The Balaban J connectivity index is 0. The molecule has 0 aliphatic carbocycles.